The van der Waals surface area contributed by atoms with Gasteiger partial charge in [-0.15, -0.1) is 0 Å². The molecule has 0 aliphatic heterocycles. The lowest BCUT2D eigenvalue weighted by atomic mass is 10.1. The van der Waals surface area contributed by atoms with Crippen molar-refractivity contribution >= 4 is 16.7 Å². The van der Waals surface area contributed by atoms with Gasteiger partial charge in [0, 0.05) is 19.2 Å². The first-order valence-electron chi connectivity index (χ1n) is 6.55. The molecule has 0 unspecified atom stereocenters. The molecule has 0 fully saturated rings. The molecule has 96 valence electrons. The second-order valence-electron chi connectivity index (χ2n) is 4.65. The van der Waals surface area contributed by atoms with Crippen LogP contribution in [0.4, 0.5) is 5.69 Å². The van der Waals surface area contributed by atoms with Gasteiger partial charge in [-0.05, 0) is 30.2 Å². The Kier molecular flexibility index (Phi) is 3.19. The average molecular weight is 251 g/mol. The number of fused-ring (bicyclic) bond motifs is 1. The third-order valence-corrected chi connectivity index (χ3v) is 3.31. The van der Waals surface area contributed by atoms with E-state index in [0.29, 0.717) is 0 Å². The molecule has 3 aromatic rings. The van der Waals surface area contributed by atoms with E-state index < -0.39 is 0 Å². The number of rotatable bonds is 4. The van der Waals surface area contributed by atoms with E-state index >= 15 is 0 Å². The Balaban J connectivity index is 1.78. The molecule has 3 heteroatoms. The van der Waals surface area contributed by atoms with Crippen LogP contribution in [0.2, 0.25) is 0 Å². The zero-order chi connectivity index (χ0) is 13.1. The second-order valence-corrected chi connectivity index (χ2v) is 4.65. The van der Waals surface area contributed by atoms with Gasteiger partial charge in [0.25, 0.3) is 0 Å². The monoisotopic (exact) mass is 251 g/mol. The number of anilines is 1. The Morgan fingerprint density at radius 2 is 1.89 bits per heavy atom. The number of nitrogens with one attached hydrogen (secondary N) is 2. The predicted octanol–water partition coefficient (Wildman–Crippen LogP) is 3.39. The summed E-state index contributed by atoms with van der Waals surface area (Å²) >= 11 is 0. The maximum atomic E-state index is 4.62. The van der Waals surface area contributed by atoms with Crippen molar-refractivity contribution in [2.24, 2.45) is 0 Å². The highest BCUT2D eigenvalue weighted by molar-refractivity contribution is 5.79. The van der Waals surface area contributed by atoms with Crippen LogP contribution in [-0.4, -0.2) is 17.0 Å². The number of benzene rings is 2. The number of aromatic nitrogens is 2. The summed E-state index contributed by atoms with van der Waals surface area (Å²) in [6.07, 6.45) is 1.95. The minimum atomic E-state index is 0.938. The van der Waals surface area contributed by atoms with Gasteiger partial charge in [0.2, 0.25) is 0 Å². The van der Waals surface area contributed by atoms with E-state index in [9.17, 15) is 0 Å². The Morgan fingerprint density at radius 1 is 1.05 bits per heavy atom. The summed E-state index contributed by atoms with van der Waals surface area (Å²) < 4.78 is 0. The summed E-state index contributed by atoms with van der Waals surface area (Å²) in [5.41, 5.74) is 4.57. The molecule has 0 bridgehead atoms. The SMILES string of the molecule is CNc1ccc2nc(CCc3ccccc3)[nH]c2c1. The van der Waals surface area contributed by atoms with E-state index in [-0.39, 0.29) is 0 Å². The quantitative estimate of drug-likeness (QED) is 0.746. The topological polar surface area (TPSA) is 40.7 Å². The molecular weight excluding hydrogens is 234 g/mol. The van der Waals surface area contributed by atoms with Crippen LogP contribution >= 0.6 is 0 Å². The third kappa shape index (κ3) is 2.60. The first-order valence-corrected chi connectivity index (χ1v) is 6.55. The van der Waals surface area contributed by atoms with Crippen LogP contribution in [0.1, 0.15) is 11.4 Å². The summed E-state index contributed by atoms with van der Waals surface area (Å²) in [6, 6.07) is 16.7. The molecule has 19 heavy (non-hydrogen) atoms. The fourth-order valence-electron chi connectivity index (χ4n) is 2.24. The summed E-state index contributed by atoms with van der Waals surface area (Å²) in [4.78, 5) is 8.01. The van der Waals surface area contributed by atoms with Gasteiger partial charge in [0.1, 0.15) is 5.82 Å². The first-order chi connectivity index (χ1) is 9.35. The Morgan fingerprint density at radius 3 is 2.68 bits per heavy atom. The van der Waals surface area contributed by atoms with Gasteiger partial charge in [-0.3, -0.25) is 0 Å². The van der Waals surface area contributed by atoms with Crippen LogP contribution < -0.4 is 5.32 Å². The van der Waals surface area contributed by atoms with E-state index in [4.69, 9.17) is 0 Å². The lowest BCUT2D eigenvalue weighted by Crippen LogP contribution is -1.92. The summed E-state index contributed by atoms with van der Waals surface area (Å²) in [5.74, 6) is 1.05. The molecule has 0 aliphatic rings. The van der Waals surface area contributed by atoms with Crippen LogP contribution in [0.15, 0.2) is 48.5 Å². The van der Waals surface area contributed by atoms with E-state index in [1.165, 1.54) is 5.56 Å². The Hall–Kier alpha value is -2.29. The molecule has 0 radical (unpaired) electrons. The van der Waals surface area contributed by atoms with Crippen LogP contribution in [0.5, 0.6) is 0 Å². The zero-order valence-corrected chi connectivity index (χ0v) is 11.0. The minimum absolute atomic E-state index is 0.938. The Labute approximate surface area is 112 Å². The van der Waals surface area contributed by atoms with Crippen molar-refractivity contribution in [2.75, 3.05) is 12.4 Å². The van der Waals surface area contributed by atoms with Crippen molar-refractivity contribution in [3.05, 3.63) is 59.9 Å². The number of aryl methyl sites for hydroxylation is 2. The van der Waals surface area contributed by atoms with E-state index in [0.717, 1.165) is 35.4 Å². The molecule has 0 amide bonds. The fourth-order valence-corrected chi connectivity index (χ4v) is 2.24. The zero-order valence-electron chi connectivity index (χ0n) is 11.0. The van der Waals surface area contributed by atoms with Crippen molar-refractivity contribution in [2.45, 2.75) is 12.8 Å². The van der Waals surface area contributed by atoms with Gasteiger partial charge in [-0.25, -0.2) is 4.98 Å². The number of hydrogen-bond acceptors (Lipinski definition) is 2. The molecular formula is C16H17N3. The normalized spacial score (nSPS) is 10.8. The average Bonchev–Trinajstić information content (AvgIpc) is 2.88. The van der Waals surface area contributed by atoms with Crippen LogP contribution in [0.3, 0.4) is 0 Å². The maximum absolute atomic E-state index is 4.62. The molecule has 3 rings (SSSR count). The van der Waals surface area contributed by atoms with Crippen molar-refractivity contribution in [1.82, 2.24) is 9.97 Å². The molecule has 0 saturated heterocycles. The highest BCUT2D eigenvalue weighted by atomic mass is 14.9. The van der Waals surface area contributed by atoms with Gasteiger partial charge >= 0.3 is 0 Å². The Bertz CT molecular complexity index is 671. The number of nitrogens with zero attached hydrogens (tertiary/aromatic N) is 1. The predicted molar refractivity (Wildman–Crippen MR) is 79.5 cm³/mol. The van der Waals surface area contributed by atoms with E-state index in [2.05, 4.69) is 45.6 Å². The number of H-pyrrole nitrogens is 1. The molecule has 2 aromatic carbocycles. The van der Waals surface area contributed by atoms with Crippen LogP contribution in [-0.2, 0) is 12.8 Å². The van der Waals surface area contributed by atoms with Gasteiger partial charge in [-0.2, -0.15) is 0 Å². The lowest BCUT2D eigenvalue weighted by Gasteiger charge is -1.98. The highest BCUT2D eigenvalue weighted by Gasteiger charge is 2.03. The van der Waals surface area contributed by atoms with Crippen molar-refractivity contribution in [3.8, 4) is 0 Å². The molecule has 1 aromatic heterocycles. The van der Waals surface area contributed by atoms with Crippen molar-refractivity contribution < 1.29 is 0 Å². The van der Waals surface area contributed by atoms with Crippen molar-refractivity contribution in [1.29, 1.82) is 0 Å². The van der Waals surface area contributed by atoms with Gasteiger partial charge in [0.15, 0.2) is 0 Å². The third-order valence-electron chi connectivity index (χ3n) is 3.31. The maximum Gasteiger partial charge on any atom is 0.107 e. The number of hydrogen-bond donors (Lipinski definition) is 2. The molecule has 0 saturated carbocycles. The summed E-state index contributed by atoms with van der Waals surface area (Å²) in [7, 11) is 1.92. The van der Waals surface area contributed by atoms with Crippen LogP contribution in [0, 0.1) is 0 Å². The van der Waals surface area contributed by atoms with Gasteiger partial charge < -0.3 is 10.3 Å². The van der Waals surface area contributed by atoms with Crippen LogP contribution in [0.25, 0.3) is 11.0 Å². The number of imidazole rings is 1. The lowest BCUT2D eigenvalue weighted by molar-refractivity contribution is 0.890. The smallest absolute Gasteiger partial charge is 0.107 e. The fraction of sp³-hybridized carbons (Fsp3) is 0.188. The second kappa shape index (κ2) is 5.14. The van der Waals surface area contributed by atoms with Crippen molar-refractivity contribution in [3.63, 3.8) is 0 Å². The molecule has 1 heterocycles. The highest BCUT2D eigenvalue weighted by Crippen LogP contribution is 2.17. The molecule has 0 spiro atoms. The largest absolute Gasteiger partial charge is 0.388 e. The van der Waals surface area contributed by atoms with E-state index in [1.54, 1.807) is 0 Å². The summed E-state index contributed by atoms with van der Waals surface area (Å²) in [5, 5.41) is 3.14. The summed E-state index contributed by atoms with van der Waals surface area (Å²) in [6.45, 7) is 0. The number of aromatic amines is 1. The molecule has 2 N–H and O–H groups in total. The minimum Gasteiger partial charge on any atom is -0.388 e. The van der Waals surface area contributed by atoms with Gasteiger partial charge in [0.05, 0.1) is 11.0 Å². The molecule has 0 aliphatic carbocycles. The van der Waals surface area contributed by atoms with E-state index in [1.807, 2.05) is 25.2 Å². The first kappa shape index (κ1) is 11.8. The standard InChI is InChI=1S/C16H17N3/c1-17-13-8-9-14-15(11-13)19-16(18-14)10-7-12-5-3-2-4-6-12/h2-6,8-9,11,17H,7,10H2,1H3,(H,18,19). The molecule has 3 nitrogen and oxygen atoms in total. The van der Waals surface area contributed by atoms with Gasteiger partial charge in [-0.1, -0.05) is 30.3 Å². The molecule has 0 atom stereocenters.